The van der Waals surface area contributed by atoms with Crippen LogP contribution in [-0.4, -0.2) is 38.7 Å². The fourth-order valence-electron chi connectivity index (χ4n) is 1.93. The fourth-order valence-corrected chi connectivity index (χ4v) is 2.67. The molecule has 132 valence electrons. The Morgan fingerprint density at radius 3 is 2.00 bits per heavy atom. The second-order valence-corrected chi connectivity index (χ2v) is 6.21. The van der Waals surface area contributed by atoms with Gasteiger partial charge in [-0.05, 0) is 12.0 Å². The summed E-state index contributed by atoms with van der Waals surface area (Å²) in [4.78, 5) is 0. The Hall–Kier alpha value is -1.33. The Balaban J connectivity index is 3.72. The highest BCUT2D eigenvalue weighted by atomic mass is 32.2. The molecule has 0 bridgehead atoms. The minimum atomic E-state index is -6.09. The zero-order valence-electron chi connectivity index (χ0n) is 11.6. The van der Waals surface area contributed by atoms with Crippen LogP contribution in [0.25, 0.3) is 0 Å². The second kappa shape index (κ2) is 6.29. The van der Waals surface area contributed by atoms with Crippen molar-refractivity contribution >= 4 is 10.1 Å². The van der Waals surface area contributed by atoms with E-state index in [-0.39, 0.29) is 18.2 Å². The summed E-state index contributed by atoms with van der Waals surface area (Å²) < 4.78 is 105. The molecule has 0 fully saturated rings. The van der Waals surface area contributed by atoms with Crippen LogP contribution in [-0.2, 0) is 26.3 Å². The normalized spacial score (nSPS) is 14.1. The van der Waals surface area contributed by atoms with Gasteiger partial charge >= 0.3 is 18.0 Å². The average Bonchev–Trinajstić information content (AvgIpc) is 2.32. The molecule has 1 rings (SSSR count). The van der Waals surface area contributed by atoms with Gasteiger partial charge in [0.05, 0.1) is 6.26 Å². The van der Waals surface area contributed by atoms with E-state index < -0.39 is 40.2 Å². The Bertz CT molecular complexity index is 636. The van der Waals surface area contributed by atoms with Gasteiger partial charge in [-0.3, -0.25) is 0 Å². The van der Waals surface area contributed by atoms with E-state index in [1.807, 2.05) is 0 Å². The predicted molar refractivity (Wildman–Crippen MR) is 66.9 cm³/mol. The summed E-state index contributed by atoms with van der Waals surface area (Å²) in [5.41, 5.74) is -6.51. The van der Waals surface area contributed by atoms with E-state index in [9.17, 15) is 34.8 Å². The molecule has 1 aromatic carbocycles. The van der Waals surface area contributed by atoms with Crippen molar-refractivity contribution < 1.29 is 44.0 Å². The molecule has 0 radical (unpaired) electrons. The SMILES string of the molecule is CS(=O)(=O)OC(c1cccc(CCO)c1)(C(F)(F)F)C(F)(F)F. The zero-order valence-corrected chi connectivity index (χ0v) is 12.4. The molecule has 0 aliphatic heterocycles. The largest absolute Gasteiger partial charge is 0.432 e. The van der Waals surface area contributed by atoms with Crippen LogP contribution in [0.2, 0.25) is 0 Å². The molecule has 1 aromatic rings. The quantitative estimate of drug-likeness (QED) is 0.643. The van der Waals surface area contributed by atoms with Gasteiger partial charge in [-0.25, -0.2) is 4.18 Å². The highest BCUT2D eigenvalue weighted by Crippen LogP contribution is 2.53. The molecule has 4 nitrogen and oxygen atoms in total. The number of alkyl halides is 6. The molecule has 1 N–H and O–H groups in total. The molecule has 0 saturated heterocycles. The van der Waals surface area contributed by atoms with Gasteiger partial charge in [0.1, 0.15) is 0 Å². The van der Waals surface area contributed by atoms with Crippen LogP contribution in [0.15, 0.2) is 24.3 Å². The highest BCUT2D eigenvalue weighted by Gasteiger charge is 2.75. The van der Waals surface area contributed by atoms with Crippen LogP contribution < -0.4 is 0 Å². The summed E-state index contributed by atoms with van der Waals surface area (Å²) in [7, 11) is -5.11. The van der Waals surface area contributed by atoms with Crippen molar-refractivity contribution in [3.63, 3.8) is 0 Å². The van der Waals surface area contributed by atoms with Gasteiger partial charge in [-0.15, -0.1) is 0 Å². The Labute approximate surface area is 127 Å². The minimum Gasteiger partial charge on any atom is -0.396 e. The van der Waals surface area contributed by atoms with E-state index in [0.717, 1.165) is 6.07 Å². The molecule has 0 atom stereocenters. The van der Waals surface area contributed by atoms with E-state index in [1.165, 1.54) is 6.07 Å². The summed E-state index contributed by atoms with van der Waals surface area (Å²) in [6, 6.07) is 3.05. The topological polar surface area (TPSA) is 63.6 Å². The lowest BCUT2D eigenvalue weighted by Gasteiger charge is -2.36. The van der Waals surface area contributed by atoms with Crippen molar-refractivity contribution in [1.29, 1.82) is 0 Å². The number of benzene rings is 1. The molecule has 0 aromatic heterocycles. The number of aliphatic hydroxyl groups excluding tert-OH is 1. The van der Waals surface area contributed by atoms with Crippen molar-refractivity contribution in [3.05, 3.63) is 35.4 Å². The minimum absolute atomic E-state index is 0.0417. The fraction of sp³-hybridized carbons (Fsp3) is 0.500. The lowest BCUT2D eigenvalue weighted by Crippen LogP contribution is -2.56. The smallest absolute Gasteiger partial charge is 0.396 e. The molecular formula is C12H12F6O4S. The van der Waals surface area contributed by atoms with Crippen LogP contribution in [0.3, 0.4) is 0 Å². The maximum Gasteiger partial charge on any atom is 0.432 e. The Morgan fingerprint density at radius 1 is 1.09 bits per heavy atom. The average molecular weight is 366 g/mol. The Kier molecular flexibility index (Phi) is 5.39. The van der Waals surface area contributed by atoms with Crippen molar-refractivity contribution in [1.82, 2.24) is 0 Å². The van der Waals surface area contributed by atoms with Gasteiger partial charge in [-0.1, -0.05) is 24.3 Å². The second-order valence-electron chi connectivity index (χ2n) is 4.64. The van der Waals surface area contributed by atoms with E-state index in [2.05, 4.69) is 4.18 Å². The highest BCUT2D eigenvalue weighted by molar-refractivity contribution is 7.86. The van der Waals surface area contributed by atoms with Crippen LogP contribution in [0.1, 0.15) is 11.1 Å². The molecule has 0 spiro atoms. The number of hydrogen-bond donors (Lipinski definition) is 1. The molecule has 11 heteroatoms. The van der Waals surface area contributed by atoms with Crippen molar-refractivity contribution in [2.75, 3.05) is 12.9 Å². The van der Waals surface area contributed by atoms with Gasteiger partial charge in [0.15, 0.2) is 0 Å². The monoisotopic (exact) mass is 366 g/mol. The third-order valence-electron chi connectivity index (χ3n) is 2.81. The van der Waals surface area contributed by atoms with E-state index >= 15 is 0 Å². The summed E-state index contributed by atoms with van der Waals surface area (Å²) >= 11 is 0. The molecule has 23 heavy (non-hydrogen) atoms. The molecular weight excluding hydrogens is 354 g/mol. The first-order valence-electron chi connectivity index (χ1n) is 5.99. The summed E-state index contributed by atoms with van der Waals surface area (Å²) in [6.45, 7) is -0.512. The number of aliphatic hydroxyl groups is 1. The van der Waals surface area contributed by atoms with Gasteiger partial charge < -0.3 is 5.11 Å². The maximum absolute atomic E-state index is 13.2. The van der Waals surface area contributed by atoms with Crippen LogP contribution in [0.5, 0.6) is 0 Å². The van der Waals surface area contributed by atoms with Gasteiger partial charge in [0, 0.05) is 12.2 Å². The lowest BCUT2D eigenvalue weighted by atomic mass is 9.90. The number of halogens is 6. The number of hydrogen-bond acceptors (Lipinski definition) is 4. The zero-order chi connectivity index (χ0) is 18.1. The van der Waals surface area contributed by atoms with E-state index in [1.54, 1.807) is 0 Å². The maximum atomic E-state index is 13.2. The predicted octanol–water partition coefficient (Wildman–Crippen LogP) is 2.52. The number of rotatable bonds is 5. The molecule has 0 aliphatic carbocycles. The van der Waals surface area contributed by atoms with Gasteiger partial charge in [0.25, 0.3) is 10.1 Å². The van der Waals surface area contributed by atoms with Crippen LogP contribution in [0, 0.1) is 0 Å². The van der Waals surface area contributed by atoms with Crippen LogP contribution >= 0.6 is 0 Å². The molecule has 0 unspecified atom stereocenters. The lowest BCUT2D eigenvalue weighted by molar-refractivity contribution is -0.364. The first-order chi connectivity index (χ1) is 10.2. The van der Waals surface area contributed by atoms with Crippen LogP contribution in [0.4, 0.5) is 26.3 Å². The third-order valence-corrected chi connectivity index (χ3v) is 3.36. The Morgan fingerprint density at radius 2 is 1.61 bits per heavy atom. The van der Waals surface area contributed by atoms with Crippen molar-refractivity contribution in [3.8, 4) is 0 Å². The summed E-state index contributed by atoms with van der Waals surface area (Å²) in [5, 5.41) is 8.75. The molecule has 0 amide bonds. The van der Waals surface area contributed by atoms with E-state index in [0.29, 0.717) is 12.1 Å². The standard InChI is InChI=1S/C12H12F6O4S/c1-23(20,21)22-10(11(13,14)15,12(16,17)18)9-4-2-3-8(7-9)5-6-19/h2-4,7,19H,5-6H2,1H3. The summed E-state index contributed by atoms with van der Waals surface area (Å²) in [6.07, 6.45) is -12.3. The molecule has 0 heterocycles. The molecule has 0 aliphatic rings. The summed E-state index contributed by atoms with van der Waals surface area (Å²) in [5.74, 6) is 0. The molecule has 0 saturated carbocycles. The van der Waals surface area contributed by atoms with Crippen molar-refractivity contribution in [2.24, 2.45) is 0 Å². The van der Waals surface area contributed by atoms with E-state index in [4.69, 9.17) is 5.11 Å². The van der Waals surface area contributed by atoms with Crippen molar-refractivity contribution in [2.45, 2.75) is 24.4 Å². The first-order valence-corrected chi connectivity index (χ1v) is 7.80. The van der Waals surface area contributed by atoms with Gasteiger partial charge in [-0.2, -0.15) is 34.8 Å². The van der Waals surface area contributed by atoms with Gasteiger partial charge in [0.2, 0.25) is 0 Å². The first kappa shape index (κ1) is 19.7. The third kappa shape index (κ3) is 4.15.